The summed E-state index contributed by atoms with van der Waals surface area (Å²) in [6.07, 6.45) is 0. The molecule has 0 saturated heterocycles. The van der Waals surface area contributed by atoms with Gasteiger partial charge in [0.05, 0.1) is 15.7 Å². The molecule has 0 bridgehead atoms. The molecule has 110 valence electrons. The molecule has 2 N–H and O–H groups in total. The predicted molar refractivity (Wildman–Crippen MR) is 84.4 cm³/mol. The number of amides is 1. The normalized spacial score (nSPS) is 10.5. The number of nitrogens with one attached hydrogen (secondary N) is 2. The van der Waals surface area contributed by atoms with Gasteiger partial charge in [-0.1, -0.05) is 29.3 Å². The van der Waals surface area contributed by atoms with Crippen molar-refractivity contribution in [3.8, 4) is 0 Å². The lowest BCUT2D eigenvalue weighted by atomic mass is 10.3. The van der Waals surface area contributed by atoms with Crippen LogP contribution < -0.4 is 10.6 Å². The maximum Gasteiger partial charge on any atom is 0.271 e. The maximum atomic E-state index is 11.8. The van der Waals surface area contributed by atoms with Crippen LogP contribution >= 0.6 is 23.2 Å². The molecule has 0 atom stereocenters. The molecule has 0 aliphatic carbocycles. The Hall–Kier alpha value is -1.85. The molecule has 1 aromatic carbocycles. The van der Waals surface area contributed by atoms with Crippen molar-refractivity contribution in [2.45, 2.75) is 19.9 Å². The van der Waals surface area contributed by atoms with Crippen molar-refractivity contribution in [2.75, 3.05) is 5.32 Å². The molecular formula is C14H14Cl2N4O. The zero-order valence-electron chi connectivity index (χ0n) is 11.5. The molecule has 1 heterocycles. The lowest BCUT2D eigenvalue weighted by molar-refractivity contribution is 0.0937. The Labute approximate surface area is 132 Å². The van der Waals surface area contributed by atoms with Gasteiger partial charge in [0, 0.05) is 6.04 Å². The Morgan fingerprint density at radius 2 is 1.90 bits per heavy atom. The van der Waals surface area contributed by atoms with Gasteiger partial charge in [-0.05, 0) is 38.1 Å². The molecule has 0 aliphatic heterocycles. The lowest BCUT2D eigenvalue weighted by Gasteiger charge is -2.09. The van der Waals surface area contributed by atoms with Crippen molar-refractivity contribution >= 4 is 40.6 Å². The second kappa shape index (κ2) is 6.74. The third-order valence-corrected chi connectivity index (χ3v) is 3.35. The highest BCUT2D eigenvalue weighted by atomic mass is 35.5. The van der Waals surface area contributed by atoms with Gasteiger partial charge >= 0.3 is 0 Å². The summed E-state index contributed by atoms with van der Waals surface area (Å²) in [7, 11) is 0. The number of anilines is 2. The molecule has 0 saturated carbocycles. The number of aromatic nitrogens is 2. The van der Waals surface area contributed by atoms with E-state index in [1.807, 2.05) is 13.8 Å². The van der Waals surface area contributed by atoms with Crippen molar-refractivity contribution in [3.63, 3.8) is 0 Å². The van der Waals surface area contributed by atoms with Crippen LogP contribution in [-0.2, 0) is 0 Å². The molecule has 0 spiro atoms. The first-order valence-corrected chi connectivity index (χ1v) is 7.08. The van der Waals surface area contributed by atoms with Crippen molar-refractivity contribution < 1.29 is 4.79 Å². The molecule has 0 radical (unpaired) electrons. The van der Waals surface area contributed by atoms with Crippen LogP contribution in [0.1, 0.15) is 24.3 Å². The standard InChI is InChI=1S/C14H14Cl2N4O/c1-8(2)17-14(21)11-6-7-12(20-19-11)18-10-5-3-4-9(15)13(10)16/h3-8H,1-2H3,(H,17,21)(H,18,20). The number of hydrogen-bond donors (Lipinski definition) is 2. The minimum atomic E-state index is -0.259. The van der Waals surface area contributed by atoms with Gasteiger partial charge in [0.15, 0.2) is 11.5 Å². The summed E-state index contributed by atoms with van der Waals surface area (Å²) in [5.74, 6) is 0.213. The van der Waals surface area contributed by atoms with Gasteiger partial charge in [0.25, 0.3) is 5.91 Å². The fraction of sp³-hybridized carbons (Fsp3) is 0.214. The van der Waals surface area contributed by atoms with Gasteiger partial charge in [0.2, 0.25) is 0 Å². The number of carbonyl (C=O) groups is 1. The van der Waals surface area contributed by atoms with Crippen LogP contribution in [0.25, 0.3) is 0 Å². The minimum absolute atomic E-state index is 0.0439. The molecule has 0 unspecified atom stereocenters. The zero-order valence-corrected chi connectivity index (χ0v) is 13.0. The second-order valence-electron chi connectivity index (χ2n) is 4.66. The van der Waals surface area contributed by atoms with Crippen LogP contribution in [0, 0.1) is 0 Å². The maximum absolute atomic E-state index is 11.8. The third kappa shape index (κ3) is 4.06. The smallest absolute Gasteiger partial charge is 0.271 e. The largest absolute Gasteiger partial charge is 0.348 e. The molecule has 0 aliphatic rings. The molecule has 21 heavy (non-hydrogen) atoms. The number of halogens is 2. The fourth-order valence-corrected chi connectivity index (χ4v) is 1.94. The SMILES string of the molecule is CC(C)NC(=O)c1ccc(Nc2cccc(Cl)c2Cl)nn1. The van der Waals surface area contributed by atoms with Crippen LogP contribution in [0.3, 0.4) is 0 Å². The highest BCUT2D eigenvalue weighted by Crippen LogP contribution is 2.31. The Balaban J connectivity index is 2.12. The van der Waals surface area contributed by atoms with Gasteiger partial charge in [-0.15, -0.1) is 10.2 Å². The number of benzene rings is 1. The van der Waals surface area contributed by atoms with Gasteiger partial charge in [0.1, 0.15) is 0 Å². The Morgan fingerprint density at radius 3 is 2.52 bits per heavy atom. The van der Waals surface area contributed by atoms with Crippen LogP contribution in [0.5, 0.6) is 0 Å². The van der Waals surface area contributed by atoms with Crippen molar-refractivity contribution in [1.82, 2.24) is 15.5 Å². The van der Waals surface area contributed by atoms with Gasteiger partial charge in [-0.2, -0.15) is 0 Å². The quantitative estimate of drug-likeness (QED) is 0.900. The van der Waals surface area contributed by atoms with E-state index in [1.54, 1.807) is 30.3 Å². The summed E-state index contributed by atoms with van der Waals surface area (Å²) in [6.45, 7) is 3.75. The van der Waals surface area contributed by atoms with Crippen LogP contribution in [0.2, 0.25) is 10.0 Å². The second-order valence-corrected chi connectivity index (χ2v) is 5.44. The van der Waals surface area contributed by atoms with Gasteiger partial charge in [-0.3, -0.25) is 4.79 Å². The third-order valence-electron chi connectivity index (χ3n) is 2.53. The average molecular weight is 325 g/mol. The number of nitrogens with zero attached hydrogens (tertiary/aromatic N) is 2. The molecule has 0 fully saturated rings. The van der Waals surface area contributed by atoms with Gasteiger partial charge in [-0.25, -0.2) is 0 Å². The summed E-state index contributed by atoms with van der Waals surface area (Å²) in [6, 6.07) is 8.52. The van der Waals surface area contributed by atoms with E-state index in [0.717, 1.165) is 0 Å². The molecule has 7 heteroatoms. The molecular weight excluding hydrogens is 311 g/mol. The fourth-order valence-electron chi connectivity index (χ4n) is 1.59. The van der Waals surface area contributed by atoms with Crippen molar-refractivity contribution in [1.29, 1.82) is 0 Å². The van der Waals surface area contributed by atoms with Crippen molar-refractivity contribution in [2.24, 2.45) is 0 Å². The molecule has 2 rings (SSSR count). The molecule has 1 amide bonds. The molecule has 1 aromatic heterocycles. The van der Waals surface area contributed by atoms with E-state index >= 15 is 0 Å². The Morgan fingerprint density at radius 1 is 1.14 bits per heavy atom. The van der Waals surface area contributed by atoms with E-state index < -0.39 is 0 Å². The monoisotopic (exact) mass is 324 g/mol. The van der Waals surface area contributed by atoms with Gasteiger partial charge < -0.3 is 10.6 Å². The first-order valence-electron chi connectivity index (χ1n) is 6.33. The van der Waals surface area contributed by atoms with Crippen molar-refractivity contribution in [3.05, 3.63) is 46.1 Å². The summed E-state index contributed by atoms with van der Waals surface area (Å²) in [5, 5.41) is 14.4. The number of hydrogen-bond acceptors (Lipinski definition) is 4. The predicted octanol–water partition coefficient (Wildman–Crippen LogP) is 3.67. The average Bonchev–Trinajstić information content (AvgIpc) is 2.44. The Kier molecular flexibility index (Phi) is 4.98. The Bertz CT molecular complexity index is 644. The molecule has 5 nitrogen and oxygen atoms in total. The van der Waals surface area contributed by atoms with Crippen LogP contribution in [-0.4, -0.2) is 22.1 Å². The summed E-state index contributed by atoms with van der Waals surface area (Å²) >= 11 is 12.0. The first kappa shape index (κ1) is 15.5. The summed E-state index contributed by atoms with van der Waals surface area (Å²) in [4.78, 5) is 11.8. The highest BCUT2D eigenvalue weighted by Gasteiger charge is 2.10. The topological polar surface area (TPSA) is 66.9 Å². The minimum Gasteiger partial charge on any atom is -0.348 e. The van der Waals surface area contributed by atoms with E-state index in [9.17, 15) is 4.79 Å². The molecule has 2 aromatic rings. The summed E-state index contributed by atoms with van der Waals surface area (Å²) in [5.41, 5.74) is 0.879. The highest BCUT2D eigenvalue weighted by molar-refractivity contribution is 6.43. The number of carbonyl (C=O) groups excluding carboxylic acids is 1. The number of rotatable bonds is 4. The van der Waals surface area contributed by atoms with E-state index in [0.29, 0.717) is 21.6 Å². The van der Waals surface area contributed by atoms with Crippen LogP contribution in [0.4, 0.5) is 11.5 Å². The van der Waals surface area contributed by atoms with E-state index in [1.165, 1.54) is 0 Å². The van der Waals surface area contributed by atoms with Crippen LogP contribution in [0.15, 0.2) is 30.3 Å². The van der Waals surface area contributed by atoms with E-state index in [4.69, 9.17) is 23.2 Å². The van der Waals surface area contributed by atoms with E-state index in [2.05, 4.69) is 20.8 Å². The lowest BCUT2D eigenvalue weighted by Crippen LogP contribution is -2.30. The zero-order chi connectivity index (χ0) is 15.4. The van der Waals surface area contributed by atoms with E-state index in [-0.39, 0.29) is 17.6 Å². The summed E-state index contributed by atoms with van der Waals surface area (Å²) < 4.78 is 0. The first-order chi connectivity index (χ1) is 9.97.